The lowest BCUT2D eigenvalue weighted by Crippen LogP contribution is -2.11. The zero-order chi connectivity index (χ0) is 16.9. The first kappa shape index (κ1) is 16.8. The molecule has 0 amide bonds. The Bertz CT molecular complexity index is 662. The molecule has 1 fully saturated rings. The minimum atomic E-state index is -0.295. The maximum Gasteiger partial charge on any atom is 0.343 e. The summed E-state index contributed by atoms with van der Waals surface area (Å²) in [6.07, 6.45) is 6.13. The molecule has 0 saturated heterocycles. The van der Waals surface area contributed by atoms with Gasteiger partial charge < -0.3 is 4.74 Å². The van der Waals surface area contributed by atoms with Gasteiger partial charge in [0.2, 0.25) is 0 Å². The number of rotatable bonds is 4. The van der Waals surface area contributed by atoms with E-state index in [1.807, 2.05) is 36.4 Å². The van der Waals surface area contributed by atoms with Crippen molar-refractivity contribution >= 4 is 5.97 Å². The molecule has 0 radical (unpaired) electrons. The van der Waals surface area contributed by atoms with Gasteiger partial charge in [-0.05, 0) is 66.5 Å². The summed E-state index contributed by atoms with van der Waals surface area (Å²) in [6, 6.07) is 15.7. The van der Waals surface area contributed by atoms with Crippen LogP contribution in [-0.4, -0.2) is 5.97 Å². The van der Waals surface area contributed by atoms with Gasteiger partial charge >= 0.3 is 5.97 Å². The Morgan fingerprint density at radius 2 is 1.58 bits per heavy atom. The minimum Gasteiger partial charge on any atom is -0.423 e. The molecule has 3 rings (SSSR count). The number of hydrogen-bond donors (Lipinski definition) is 0. The molecule has 0 unspecified atom stereocenters. The summed E-state index contributed by atoms with van der Waals surface area (Å²) in [5, 5.41) is 0. The first-order chi connectivity index (χ1) is 11.7. The van der Waals surface area contributed by atoms with Crippen molar-refractivity contribution in [2.75, 3.05) is 0 Å². The Morgan fingerprint density at radius 1 is 0.958 bits per heavy atom. The van der Waals surface area contributed by atoms with Crippen LogP contribution >= 0.6 is 0 Å². The highest BCUT2D eigenvalue weighted by atomic mass is 16.5. The Hall–Kier alpha value is -2.09. The van der Waals surface area contributed by atoms with E-state index in [9.17, 15) is 4.79 Å². The van der Waals surface area contributed by atoms with E-state index in [0.717, 1.165) is 12.3 Å². The van der Waals surface area contributed by atoms with Gasteiger partial charge in [-0.3, -0.25) is 0 Å². The smallest absolute Gasteiger partial charge is 0.343 e. The molecule has 1 saturated carbocycles. The summed E-state index contributed by atoms with van der Waals surface area (Å²) in [4.78, 5) is 12.2. The largest absolute Gasteiger partial charge is 0.423 e. The van der Waals surface area contributed by atoms with Crippen LogP contribution < -0.4 is 4.74 Å². The van der Waals surface area contributed by atoms with Crippen molar-refractivity contribution in [3.63, 3.8) is 0 Å². The van der Waals surface area contributed by atoms with Crippen molar-refractivity contribution in [3.8, 4) is 5.75 Å². The molecule has 2 aromatic rings. The fraction of sp³-hybridized carbons (Fsp3) is 0.409. The van der Waals surface area contributed by atoms with E-state index in [1.165, 1.54) is 36.8 Å². The molecule has 126 valence electrons. The number of ether oxygens (including phenoxy) is 1. The van der Waals surface area contributed by atoms with Gasteiger partial charge in [-0.25, -0.2) is 4.79 Å². The fourth-order valence-corrected chi connectivity index (χ4v) is 3.44. The van der Waals surface area contributed by atoms with Gasteiger partial charge in [-0.2, -0.15) is 0 Å². The second-order valence-corrected chi connectivity index (χ2v) is 6.97. The van der Waals surface area contributed by atoms with E-state index in [1.54, 1.807) is 0 Å². The summed E-state index contributed by atoms with van der Waals surface area (Å²) < 4.78 is 5.49. The first-order valence-electron chi connectivity index (χ1n) is 9.06. The third kappa shape index (κ3) is 4.05. The molecule has 1 aliphatic carbocycles. The monoisotopic (exact) mass is 322 g/mol. The zero-order valence-corrected chi connectivity index (χ0v) is 14.6. The average Bonchev–Trinajstić information content (AvgIpc) is 2.63. The summed E-state index contributed by atoms with van der Waals surface area (Å²) in [5.41, 5.74) is 3.18. The number of esters is 1. The predicted molar refractivity (Wildman–Crippen MR) is 97.6 cm³/mol. The van der Waals surface area contributed by atoms with Gasteiger partial charge in [0, 0.05) is 0 Å². The summed E-state index contributed by atoms with van der Waals surface area (Å²) in [6.45, 7) is 4.44. The summed E-state index contributed by atoms with van der Waals surface area (Å²) >= 11 is 0. The van der Waals surface area contributed by atoms with Crippen molar-refractivity contribution in [2.45, 2.75) is 51.9 Å². The Morgan fingerprint density at radius 3 is 2.17 bits per heavy atom. The number of carbonyl (C=O) groups excluding carboxylic acids is 1. The summed E-state index contributed by atoms with van der Waals surface area (Å²) in [5.74, 6) is 1.84. The van der Waals surface area contributed by atoms with Crippen molar-refractivity contribution in [2.24, 2.45) is 5.92 Å². The lowest BCUT2D eigenvalue weighted by atomic mass is 9.79. The molecule has 0 aliphatic heterocycles. The summed E-state index contributed by atoms with van der Waals surface area (Å²) in [7, 11) is 0. The van der Waals surface area contributed by atoms with E-state index in [2.05, 4.69) is 26.0 Å². The molecule has 0 bridgehead atoms. The van der Waals surface area contributed by atoms with Crippen LogP contribution in [0.15, 0.2) is 48.5 Å². The van der Waals surface area contributed by atoms with Crippen LogP contribution in [0.3, 0.4) is 0 Å². The quantitative estimate of drug-likeness (QED) is 0.528. The van der Waals surface area contributed by atoms with Crippen LogP contribution in [-0.2, 0) is 6.42 Å². The van der Waals surface area contributed by atoms with Gasteiger partial charge in [0.1, 0.15) is 5.75 Å². The van der Waals surface area contributed by atoms with Crippen molar-refractivity contribution in [3.05, 3.63) is 65.2 Å². The number of hydrogen-bond acceptors (Lipinski definition) is 2. The van der Waals surface area contributed by atoms with Crippen LogP contribution in [0, 0.1) is 5.92 Å². The maximum atomic E-state index is 12.2. The topological polar surface area (TPSA) is 26.3 Å². The van der Waals surface area contributed by atoms with E-state index in [-0.39, 0.29) is 5.97 Å². The van der Waals surface area contributed by atoms with E-state index < -0.39 is 0 Å². The molecule has 0 N–H and O–H groups in total. The standard InChI is InChI=1S/C22H26O2/c1-3-17-6-10-20(11-7-17)22(23)24-21-14-12-19(13-15-21)18-8-4-16(2)5-9-18/h6-7,10-16,18H,3-5,8-9H2,1-2H3. The second kappa shape index (κ2) is 7.65. The molecule has 0 spiro atoms. The van der Waals surface area contributed by atoms with Gasteiger partial charge in [-0.1, -0.05) is 51.0 Å². The normalized spacial score (nSPS) is 20.6. The number of benzene rings is 2. The molecule has 24 heavy (non-hydrogen) atoms. The Labute approximate surface area is 144 Å². The Balaban J connectivity index is 1.62. The highest BCUT2D eigenvalue weighted by molar-refractivity contribution is 5.91. The third-order valence-electron chi connectivity index (χ3n) is 5.18. The average molecular weight is 322 g/mol. The van der Waals surface area contributed by atoms with Gasteiger partial charge in [0.25, 0.3) is 0 Å². The van der Waals surface area contributed by atoms with Crippen LogP contribution in [0.2, 0.25) is 0 Å². The highest BCUT2D eigenvalue weighted by Gasteiger charge is 2.19. The molecule has 0 atom stereocenters. The fourth-order valence-electron chi connectivity index (χ4n) is 3.44. The molecular formula is C22H26O2. The first-order valence-corrected chi connectivity index (χ1v) is 9.06. The highest BCUT2D eigenvalue weighted by Crippen LogP contribution is 2.35. The molecular weight excluding hydrogens is 296 g/mol. The molecule has 0 aromatic heterocycles. The number of aryl methyl sites for hydroxylation is 1. The second-order valence-electron chi connectivity index (χ2n) is 6.97. The van der Waals surface area contributed by atoms with E-state index in [0.29, 0.717) is 17.2 Å². The lowest BCUT2D eigenvalue weighted by molar-refractivity contribution is 0.0734. The van der Waals surface area contributed by atoms with Crippen molar-refractivity contribution < 1.29 is 9.53 Å². The molecule has 2 aromatic carbocycles. The minimum absolute atomic E-state index is 0.295. The molecule has 2 heteroatoms. The van der Waals surface area contributed by atoms with Gasteiger partial charge in [0.05, 0.1) is 5.56 Å². The Kier molecular flexibility index (Phi) is 5.34. The molecule has 2 nitrogen and oxygen atoms in total. The third-order valence-corrected chi connectivity index (χ3v) is 5.18. The molecule has 1 aliphatic rings. The van der Waals surface area contributed by atoms with E-state index in [4.69, 9.17) is 4.74 Å². The van der Waals surface area contributed by atoms with Crippen LogP contribution in [0.1, 0.15) is 66.9 Å². The molecule has 0 heterocycles. The van der Waals surface area contributed by atoms with Crippen molar-refractivity contribution in [1.82, 2.24) is 0 Å². The zero-order valence-electron chi connectivity index (χ0n) is 14.6. The van der Waals surface area contributed by atoms with Gasteiger partial charge in [-0.15, -0.1) is 0 Å². The van der Waals surface area contributed by atoms with Crippen molar-refractivity contribution in [1.29, 1.82) is 0 Å². The predicted octanol–water partition coefficient (Wildman–Crippen LogP) is 5.76. The lowest BCUT2D eigenvalue weighted by Gasteiger charge is -2.26. The maximum absolute atomic E-state index is 12.2. The van der Waals surface area contributed by atoms with Crippen LogP contribution in [0.4, 0.5) is 0 Å². The van der Waals surface area contributed by atoms with E-state index >= 15 is 0 Å². The SMILES string of the molecule is CCc1ccc(C(=O)Oc2ccc(C3CCC(C)CC3)cc2)cc1. The van der Waals surface area contributed by atoms with Gasteiger partial charge in [0.15, 0.2) is 0 Å². The number of carbonyl (C=O) groups is 1. The van der Waals surface area contributed by atoms with Crippen LogP contribution in [0.25, 0.3) is 0 Å². The van der Waals surface area contributed by atoms with Crippen LogP contribution in [0.5, 0.6) is 5.75 Å².